The Balaban J connectivity index is 2.25. The number of nitrogens with one attached hydrogen (secondary N) is 2. The van der Waals surface area contributed by atoms with Crippen LogP contribution in [0.2, 0.25) is 0 Å². The van der Waals surface area contributed by atoms with Crippen molar-refractivity contribution in [3.8, 4) is 0 Å². The molecule has 21 heavy (non-hydrogen) atoms. The van der Waals surface area contributed by atoms with Gasteiger partial charge in [0.25, 0.3) is 5.91 Å². The molecule has 0 fully saturated rings. The molecule has 0 radical (unpaired) electrons. The van der Waals surface area contributed by atoms with Gasteiger partial charge >= 0.3 is 6.18 Å². The molecule has 0 saturated carbocycles. The van der Waals surface area contributed by atoms with Gasteiger partial charge in [0.2, 0.25) is 0 Å². The van der Waals surface area contributed by atoms with Crippen molar-refractivity contribution in [1.29, 1.82) is 0 Å². The molecule has 1 aromatic carbocycles. The topological polar surface area (TPSA) is 54.0 Å². The van der Waals surface area contributed by atoms with Crippen molar-refractivity contribution >= 4 is 22.6 Å². The van der Waals surface area contributed by atoms with E-state index in [1.165, 1.54) is 6.07 Å². The lowest BCUT2D eigenvalue weighted by Gasteiger charge is -2.11. The zero-order valence-corrected chi connectivity index (χ0v) is 11.3. The molecule has 0 unspecified atom stereocenters. The number of hydrogen-bond donors (Lipinski definition) is 2. The summed E-state index contributed by atoms with van der Waals surface area (Å²) in [5.74, 6) is -0.0657. The first-order valence-corrected chi connectivity index (χ1v) is 6.33. The Kier molecular flexibility index (Phi) is 4.30. The van der Waals surface area contributed by atoms with Crippen molar-refractivity contribution in [3.63, 3.8) is 0 Å². The number of rotatable bonds is 4. The highest BCUT2D eigenvalue weighted by molar-refractivity contribution is 6.06. The molecule has 4 nitrogen and oxygen atoms in total. The SMILES string of the molecule is CNc1cc(C(=O)NCCC(F)(F)F)c2ccccc2n1. The minimum absolute atomic E-state index is 0.298. The van der Waals surface area contributed by atoms with Crippen LogP contribution in [-0.2, 0) is 0 Å². The second-order valence-electron chi connectivity index (χ2n) is 4.44. The summed E-state index contributed by atoms with van der Waals surface area (Å²) in [6.07, 6.45) is -5.34. The van der Waals surface area contributed by atoms with Crippen molar-refractivity contribution in [2.24, 2.45) is 0 Å². The minimum Gasteiger partial charge on any atom is -0.373 e. The molecule has 2 N–H and O–H groups in total. The Morgan fingerprint density at radius 1 is 1.29 bits per heavy atom. The van der Waals surface area contributed by atoms with Gasteiger partial charge in [-0.15, -0.1) is 0 Å². The normalized spacial score (nSPS) is 11.4. The van der Waals surface area contributed by atoms with Gasteiger partial charge in [0.1, 0.15) is 5.82 Å². The highest BCUT2D eigenvalue weighted by Gasteiger charge is 2.26. The lowest BCUT2D eigenvalue weighted by molar-refractivity contribution is -0.132. The van der Waals surface area contributed by atoms with Crippen LogP contribution >= 0.6 is 0 Å². The van der Waals surface area contributed by atoms with Crippen LogP contribution in [0.4, 0.5) is 19.0 Å². The van der Waals surface area contributed by atoms with Crippen molar-refractivity contribution in [1.82, 2.24) is 10.3 Å². The number of nitrogens with zero attached hydrogens (tertiary/aromatic N) is 1. The number of halogens is 3. The van der Waals surface area contributed by atoms with Gasteiger partial charge in [0.05, 0.1) is 17.5 Å². The van der Waals surface area contributed by atoms with Crippen LogP contribution in [-0.4, -0.2) is 30.7 Å². The number of para-hydroxylation sites is 1. The van der Waals surface area contributed by atoms with E-state index in [-0.39, 0.29) is 0 Å². The van der Waals surface area contributed by atoms with E-state index in [2.05, 4.69) is 15.6 Å². The fourth-order valence-electron chi connectivity index (χ4n) is 1.90. The number of hydrogen-bond acceptors (Lipinski definition) is 3. The number of carbonyl (C=O) groups is 1. The van der Waals surface area contributed by atoms with Crippen LogP contribution in [0.25, 0.3) is 10.9 Å². The third kappa shape index (κ3) is 3.84. The Labute approximate surface area is 119 Å². The molecule has 1 heterocycles. The maximum absolute atomic E-state index is 12.1. The van der Waals surface area contributed by atoms with Crippen LogP contribution in [0.1, 0.15) is 16.8 Å². The van der Waals surface area contributed by atoms with Gasteiger partial charge in [-0.05, 0) is 12.1 Å². The van der Waals surface area contributed by atoms with E-state index in [0.29, 0.717) is 22.3 Å². The zero-order valence-electron chi connectivity index (χ0n) is 11.3. The molecule has 2 rings (SSSR count). The molecule has 0 spiro atoms. The summed E-state index contributed by atoms with van der Waals surface area (Å²) in [5, 5.41) is 5.71. The molecule has 1 amide bonds. The van der Waals surface area contributed by atoms with Crippen molar-refractivity contribution in [2.75, 3.05) is 18.9 Å². The Morgan fingerprint density at radius 3 is 2.67 bits per heavy atom. The average Bonchev–Trinajstić information content (AvgIpc) is 2.44. The Bertz CT molecular complexity index is 655. The molecule has 0 atom stereocenters. The van der Waals surface area contributed by atoms with Crippen molar-refractivity contribution in [3.05, 3.63) is 35.9 Å². The fourth-order valence-corrected chi connectivity index (χ4v) is 1.90. The maximum atomic E-state index is 12.1. The number of aromatic nitrogens is 1. The van der Waals surface area contributed by atoms with Gasteiger partial charge in [0.15, 0.2) is 0 Å². The van der Waals surface area contributed by atoms with E-state index in [1.807, 2.05) is 0 Å². The second kappa shape index (κ2) is 5.99. The highest BCUT2D eigenvalue weighted by Crippen LogP contribution is 2.21. The largest absolute Gasteiger partial charge is 0.390 e. The number of fused-ring (bicyclic) bond motifs is 1. The molecule has 2 aromatic rings. The number of anilines is 1. The molecular formula is C14H14F3N3O. The van der Waals surface area contributed by atoms with Crippen LogP contribution in [0.5, 0.6) is 0 Å². The lowest BCUT2D eigenvalue weighted by Crippen LogP contribution is -2.28. The molecule has 0 bridgehead atoms. The first-order valence-electron chi connectivity index (χ1n) is 6.33. The van der Waals surface area contributed by atoms with Gasteiger partial charge < -0.3 is 10.6 Å². The third-order valence-corrected chi connectivity index (χ3v) is 2.91. The van der Waals surface area contributed by atoms with Gasteiger partial charge in [-0.25, -0.2) is 4.98 Å². The van der Waals surface area contributed by atoms with Crippen LogP contribution in [0, 0.1) is 0 Å². The van der Waals surface area contributed by atoms with E-state index in [9.17, 15) is 18.0 Å². The first kappa shape index (κ1) is 15.1. The van der Waals surface area contributed by atoms with Crippen molar-refractivity contribution < 1.29 is 18.0 Å². The first-order chi connectivity index (χ1) is 9.90. The predicted molar refractivity (Wildman–Crippen MR) is 74.3 cm³/mol. The standard InChI is InChI=1S/C14H14F3N3O/c1-18-12-8-10(9-4-2-3-5-11(9)20-12)13(21)19-7-6-14(15,16)17/h2-5,8H,6-7H2,1H3,(H,18,20)(H,19,21). The predicted octanol–water partition coefficient (Wildman–Crippen LogP) is 2.96. The smallest absolute Gasteiger partial charge is 0.373 e. The van der Waals surface area contributed by atoms with E-state index in [1.54, 1.807) is 31.3 Å². The number of carbonyl (C=O) groups excluding carboxylic acids is 1. The number of pyridine rings is 1. The number of amides is 1. The van der Waals surface area contributed by atoms with E-state index in [4.69, 9.17) is 0 Å². The van der Waals surface area contributed by atoms with Gasteiger partial charge in [0, 0.05) is 19.0 Å². The molecule has 1 aromatic heterocycles. The minimum atomic E-state index is -4.29. The molecular weight excluding hydrogens is 283 g/mol. The van der Waals surface area contributed by atoms with Crippen LogP contribution < -0.4 is 10.6 Å². The summed E-state index contributed by atoms with van der Waals surface area (Å²) >= 11 is 0. The van der Waals surface area contributed by atoms with Crippen molar-refractivity contribution in [2.45, 2.75) is 12.6 Å². The molecule has 0 aliphatic carbocycles. The van der Waals surface area contributed by atoms with E-state index < -0.39 is 25.0 Å². The van der Waals surface area contributed by atoms with Crippen LogP contribution in [0.15, 0.2) is 30.3 Å². The van der Waals surface area contributed by atoms with Gasteiger partial charge in [-0.1, -0.05) is 18.2 Å². The summed E-state index contributed by atoms with van der Waals surface area (Å²) in [6, 6.07) is 8.49. The maximum Gasteiger partial charge on any atom is 0.390 e. The fraction of sp³-hybridized carbons (Fsp3) is 0.286. The molecule has 0 aliphatic heterocycles. The van der Waals surface area contributed by atoms with Gasteiger partial charge in [-0.3, -0.25) is 4.79 Å². The summed E-state index contributed by atoms with van der Waals surface area (Å²) in [5.41, 5.74) is 0.900. The van der Waals surface area contributed by atoms with E-state index in [0.717, 1.165) is 0 Å². The average molecular weight is 297 g/mol. The molecule has 0 aliphatic rings. The third-order valence-electron chi connectivity index (χ3n) is 2.91. The summed E-state index contributed by atoms with van der Waals surface area (Å²) in [4.78, 5) is 16.4. The molecule has 7 heteroatoms. The highest BCUT2D eigenvalue weighted by atomic mass is 19.4. The zero-order chi connectivity index (χ0) is 15.5. The Morgan fingerprint density at radius 2 is 2.00 bits per heavy atom. The number of alkyl halides is 3. The summed E-state index contributed by atoms with van der Waals surface area (Å²) in [6.45, 7) is -0.451. The molecule has 0 saturated heterocycles. The monoisotopic (exact) mass is 297 g/mol. The van der Waals surface area contributed by atoms with Gasteiger partial charge in [-0.2, -0.15) is 13.2 Å². The second-order valence-corrected chi connectivity index (χ2v) is 4.44. The lowest BCUT2D eigenvalue weighted by atomic mass is 10.1. The summed E-state index contributed by atoms with van der Waals surface area (Å²) < 4.78 is 36.3. The molecule has 112 valence electrons. The Hall–Kier alpha value is -2.31. The summed E-state index contributed by atoms with van der Waals surface area (Å²) in [7, 11) is 1.66. The van der Waals surface area contributed by atoms with E-state index >= 15 is 0 Å². The van der Waals surface area contributed by atoms with Crippen LogP contribution in [0.3, 0.4) is 0 Å². The number of benzene rings is 1. The quantitative estimate of drug-likeness (QED) is 0.912.